The van der Waals surface area contributed by atoms with E-state index >= 15 is 0 Å². The number of unbranched alkanes of at least 4 members (excludes halogenated alkanes) is 18. The molecule has 0 N–H and O–H groups in total. The van der Waals surface area contributed by atoms with Gasteiger partial charge in [0.15, 0.2) is 5.90 Å². The third-order valence-electron chi connectivity index (χ3n) is 6.01. The Labute approximate surface area is 177 Å². The maximum atomic E-state index is 5.66. The molecule has 0 aromatic rings. The van der Waals surface area contributed by atoms with E-state index in [-0.39, 0.29) is 5.54 Å². The highest BCUT2D eigenvalue weighted by molar-refractivity contribution is 5.78. The third-order valence-corrected chi connectivity index (χ3v) is 6.01. The number of hydrogen-bond acceptors (Lipinski definition) is 2. The minimum atomic E-state index is 0.0171. The number of hydrogen-bond donors (Lipinski definition) is 0. The third kappa shape index (κ3) is 15.4. The largest absolute Gasteiger partial charge is 0.478 e. The Morgan fingerprint density at radius 1 is 0.607 bits per heavy atom. The minimum Gasteiger partial charge on any atom is -0.478 e. The summed E-state index contributed by atoms with van der Waals surface area (Å²) in [6.45, 7) is 7.36. The Balaban J connectivity index is 1.69. The Morgan fingerprint density at radius 3 is 1.29 bits per heavy atom. The molecule has 0 spiro atoms. The van der Waals surface area contributed by atoms with Gasteiger partial charge < -0.3 is 4.74 Å². The van der Waals surface area contributed by atoms with Crippen molar-refractivity contribution in [1.29, 1.82) is 0 Å². The molecular weight excluding hydrogens is 342 g/mol. The van der Waals surface area contributed by atoms with Crippen LogP contribution in [-0.2, 0) is 4.74 Å². The van der Waals surface area contributed by atoms with Crippen molar-refractivity contribution < 1.29 is 4.74 Å². The summed E-state index contributed by atoms with van der Waals surface area (Å²) in [5.41, 5.74) is 0.0171. The molecule has 1 aliphatic rings. The zero-order valence-electron chi connectivity index (χ0n) is 19.7. The van der Waals surface area contributed by atoms with Gasteiger partial charge in [0.25, 0.3) is 0 Å². The molecule has 0 atom stereocenters. The predicted molar refractivity (Wildman–Crippen MR) is 125 cm³/mol. The normalized spacial score (nSPS) is 15.6. The predicted octanol–water partition coefficient (Wildman–Crippen LogP) is 9.02. The monoisotopic (exact) mass is 393 g/mol. The van der Waals surface area contributed by atoms with Gasteiger partial charge >= 0.3 is 0 Å². The van der Waals surface area contributed by atoms with Crippen LogP contribution in [0.1, 0.15) is 149 Å². The van der Waals surface area contributed by atoms with Gasteiger partial charge in [0.2, 0.25) is 0 Å². The van der Waals surface area contributed by atoms with Crippen LogP contribution < -0.4 is 0 Å². The van der Waals surface area contributed by atoms with Crippen LogP contribution in [0.25, 0.3) is 0 Å². The number of aliphatic imine (C=N–C) groups is 1. The van der Waals surface area contributed by atoms with Crippen LogP contribution in [0.4, 0.5) is 0 Å². The summed E-state index contributed by atoms with van der Waals surface area (Å²) in [7, 11) is 0. The SMILES string of the molecule is CCCCCCCCCCCCCCCCCCCCCC1=NC(C)(C)CO1. The molecule has 0 aromatic heterocycles. The van der Waals surface area contributed by atoms with Crippen LogP contribution >= 0.6 is 0 Å². The van der Waals surface area contributed by atoms with E-state index in [0.717, 1.165) is 18.9 Å². The van der Waals surface area contributed by atoms with Crippen molar-refractivity contribution in [2.24, 2.45) is 4.99 Å². The van der Waals surface area contributed by atoms with Gasteiger partial charge in [0, 0.05) is 6.42 Å². The summed E-state index contributed by atoms with van der Waals surface area (Å²) in [5.74, 6) is 0.997. The quantitative estimate of drug-likeness (QED) is 0.189. The Morgan fingerprint density at radius 2 is 0.964 bits per heavy atom. The van der Waals surface area contributed by atoms with E-state index in [1.54, 1.807) is 0 Å². The maximum absolute atomic E-state index is 5.66. The molecule has 0 radical (unpaired) electrons. The highest BCUT2D eigenvalue weighted by Gasteiger charge is 2.25. The highest BCUT2D eigenvalue weighted by Crippen LogP contribution is 2.20. The van der Waals surface area contributed by atoms with Crippen molar-refractivity contribution >= 4 is 5.90 Å². The van der Waals surface area contributed by atoms with Crippen molar-refractivity contribution in [1.82, 2.24) is 0 Å². The summed E-state index contributed by atoms with van der Waals surface area (Å²) in [6, 6.07) is 0. The molecule has 1 aliphatic heterocycles. The molecule has 0 bridgehead atoms. The molecule has 2 heteroatoms. The lowest BCUT2D eigenvalue weighted by atomic mass is 10.0. The van der Waals surface area contributed by atoms with E-state index in [1.165, 1.54) is 122 Å². The number of nitrogens with zero attached hydrogens (tertiary/aromatic N) is 1. The summed E-state index contributed by atoms with van der Waals surface area (Å²) in [6.07, 6.45) is 28.3. The summed E-state index contributed by atoms with van der Waals surface area (Å²) in [5, 5.41) is 0. The fraction of sp³-hybridized carbons (Fsp3) is 0.962. The second-order valence-corrected chi connectivity index (χ2v) is 9.72. The van der Waals surface area contributed by atoms with Gasteiger partial charge in [-0.15, -0.1) is 0 Å². The van der Waals surface area contributed by atoms with E-state index in [1.807, 2.05) is 0 Å². The topological polar surface area (TPSA) is 21.6 Å². The van der Waals surface area contributed by atoms with Crippen LogP contribution in [0.2, 0.25) is 0 Å². The van der Waals surface area contributed by atoms with Crippen molar-refractivity contribution in [3.05, 3.63) is 0 Å². The van der Waals surface area contributed by atoms with E-state index in [4.69, 9.17) is 4.74 Å². The fourth-order valence-corrected chi connectivity index (χ4v) is 4.14. The molecule has 1 rings (SSSR count). The van der Waals surface area contributed by atoms with E-state index in [9.17, 15) is 0 Å². The van der Waals surface area contributed by atoms with Gasteiger partial charge in [-0.3, -0.25) is 0 Å². The zero-order valence-corrected chi connectivity index (χ0v) is 19.7. The maximum Gasteiger partial charge on any atom is 0.183 e. The van der Waals surface area contributed by atoms with Crippen LogP contribution in [0.15, 0.2) is 4.99 Å². The first kappa shape index (κ1) is 25.5. The first-order chi connectivity index (χ1) is 13.6. The van der Waals surface area contributed by atoms with Gasteiger partial charge in [-0.2, -0.15) is 0 Å². The summed E-state index contributed by atoms with van der Waals surface area (Å²) < 4.78 is 5.66. The number of ether oxygens (including phenoxy) is 1. The van der Waals surface area contributed by atoms with Crippen LogP contribution in [0.5, 0.6) is 0 Å². The molecule has 0 unspecified atom stereocenters. The molecule has 0 fully saturated rings. The lowest BCUT2D eigenvalue weighted by Crippen LogP contribution is -2.17. The molecule has 28 heavy (non-hydrogen) atoms. The lowest BCUT2D eigenvalue weighted by Gasteiger charge is -2.07. The van der Waals surface area contributed by atoms with E-state index in [2.05, 4.69) is 25.8 Å². The molecule has 1 heterocycles. The van der Waals surface area contributed by atoms with Gasteiger partial charge in [-0.25, -0.2) is 4.99 Å². The van der Waals surface area contributed by atoms with Crippen LogP contribution in [0, 0.1) is 0 Å². The molecule has 0 saturated carbocycles. The zero-order chi connectivity index (χ0) is 20.3. The van der Waals surface area contributed by atoms with Crippen molar-refractivity contribution in [2.75, 3.05) is 6.61 Å². The number of rotatable bonds is 20. The average molecular weight is 394 g/mol. The molecule has 0 amide bonds. The minimum absolute atomic E-state index is 0.0171. The highest BCUT2D eigenvalue weighted by atomic mass is 16.5. The van der Waals surface area contributed by atoms with Gasteiger partial charge in [0.05, 0.1) is 5.54 Å². The lowest BCUT2D eigenvalue weighted by molar-refractivity contribution is 0.273. The molecule has 0 saturated heterocycles. The molecule has 2 nitrogen and oxygen atoms in total. The Bertz CT molecular complexity index is 375. The van der Waals surface area contributed by atoms with E-state index in [0.29, 0.717) is 0 Å². The van der Waals surface area contributed by atoms with E-state index < -0.39 is 0 Å². The Kier molecular flexibility index (Phi) is 15.8. The standard InChI is InChI=1S/C26H51NO/c1-4-5-6-7-8-9-10-11-12-13-14-15-16-17-18-19-20-21-22-23-25-27-26(2,3)24-28-25/h4-24H2,1-3H3. The van der Waals surface area contributed by atoms with Crippen molar-refractivity contribution in [2.45, 2.75) is 155 Å². The second-order valence-electron chi connectivity index (χ2n) is 9.72. The van der Waals surface area contributed by atoms with Crippen LogP contribution in [0.3, 0.4) is 0 Å². The second kappa shape index (κ2) is 17.3. The summed E-state index contributed by atoms with van der Waals surface area (Å²) >= 11 is 0. The summed E-state index contributed by atoms with van der Waals surface area (Å²) in [4.78, 5) is 4.63. The fourth-order valence-electron chi connectivity index (χ4n) is 4.14. The molecular formula is C26H51NO. The smallest absolute Gasteiger partial charge is 0.183 e. The molecule has 0 aromatic carbocycles. The average Bonchev–Trinajstić information content (AvgIpc) is 3.02. The van der Waals surface area contributed by atoms with Crippen molar-refractivity contribution in [3.63, 3.8) is 0 Å². The molecule has 166 valence electrons. The van der Waals surface area contributed by atoms with Crippen molar-refractivity contribution in [3.8, 4) is 0 Å². The molecule has 0 aliphatic carbocycles. The first-order valence-corrected chi connectivity index (χ1v) is 12.9. The van der Waals surface area contributed by atoms with Gasteiger partial charge in [-0.05, 0) is 20.3 Å². The first-order valence-electron chi connectivity index (χ1n) is 12.9. The van der Waals surface area contributed by atoms with Crippen LogP contribution in [-0.4, -0.2) is 18.0 Å². The Hall–Kier alpha value is -0.530. The van der Waals surface area contributed by atoms with Gasteiger partial charge in [-0.1, -0.05) is 122 Å². The van der Waals surface area contributed by atoms with Gasteiger partial charge in [0.1, 0.15) is 6.61 Å².